The molecule has 0 radical (unpaired) electrons. The molecular weight excluding hydrogens is 288 g/mol. The van der Waals surface area contributed by atoms with Gasteiger partial charge >= 0.3 is 0 Å². The summed E-state index contributed by atoms with van der Waals surface area (Å²) >= 11 is 0. The molecule has 0 amide bonds. The van der Waals surface area contributed by atoms with Gasteiger partial charge in [0.1, 0.15) is 12.1 Å². The van der Waals surface area contributed by atoms with Gasteiger partial charge < -0.3 is 4.90 Å². The van der Waals surface area contributed by atoms with Crippen molar-refractivity contribution in [2.45, 2.75) is 19.9 Å². The standard InChI is InChI=1S/C15H15F2N5/c1-9-6-14(22-15(20-9)18-8-19-22)21(3)10(2)11-4-5-12(16)13(17)7-11/h4-8,10H,1-3H3. The Hall–Kier alpha value is -2.57. The van der Waals surface area contributed by atoms with Crippen molar-refractivity contribution in [3.8, 4) is 0 Å². The molecule has 0 aliphatic carbocycles. The van der Waals surface area contributed by atoms with E-state index in [4.69, 9.17) is 0 Å². The summed E-state index contributed by atoms with van der Waals surface area (Å²) in [6.45, 7) is 3.78. The van der Waals surface area contributed by atoms with Crippen molar-refractivity contribution < 1.29 is 8.78 Å². The largest absolute Gasteiger partial charge is 0.353 e. The number of nitrogens with zero attached hydrogens (tertiary/aromatic N) is 5. The van der Waals surface area contributed by atoms with Gasteiger partial charge in [-0.25, -0.2) is 13.8 Å². The highest BCUT2D eigenvalue weighted by Gasteiger charge is 2.18. The first-order valence-corrected chi connectivity index (χ1v) is 6.82. The minimum atomic E-state index is -0.852. The number of anilines is 1. The Kier molecular flexibility index (Phi) is 3.48. The molecule has 0 aliphatic rings. The van der Waals surface area contributed by atoms with E-state index in [2.05, 4.69) is 15.1 Å². The van der Waals surface area contributed by atoms with E-state index in [0.29, 0.717) is 11.3 Å². The molecule has 1 unspecified atom stereocenters. The summed E-state index contributed by atoms with van der Waals surface area (Å²) in [5.41, 5.74) is 1.48. The summed E-state index contributed by atoms with van der Waals surface area (Å²) in [5, 5.41) is 4.16. The maximum absolute atomic E-state index is 13.4. The highest BCUT2D eigenvalue weighted by atomic mass is 19.2. The molecule has 2 aromatic heterocycles. The molecule has 0 bridgehead atoms. The molecule has 1 aromatic carbocycles. The Morgan fingerprint density at radius 2 is 1.95 bits per heavy atom. The van der Waals surface area contributed by atoms with Gasteiger partial charge in [0.05, 0.1) is 6.04 Å². The van der Waals surface area contributed by atoms with Crippen molar-refractivity contribution in [2.75, 3.05) is 11.9 Å². The Balaban J connectivity index is 2.02. The van der Waals surface area contributed by atoms with Crippen molar-refractivity contribution in [3.05, 3.63) is 53.5 Å². The molecule has 22 heavy (non-hydrogen) atoms. The number of aryl methyl sites for hydroxylation is 1. The Bertz CT molecular complexity index is 830. The van der Waals surface area contributed by atoms with Gasteiger partial charge in [-0.2, -0.15) is 14.6 Å². The van der Waals surface area contributed by atoms with Gasteiger partial charge in [-0.15, -0.1) is 0 Å². The molecule has 1 atom stereocenters. The third-order valence-electron chi connectivity index (χ3n) is 3.73. The normalized spacial score (nSPS) is 12.6. The summed E-state index contributed by atoms with van der Waals surface area (Å²) in [7, 11) is 1.86. The number of rotatable bonds is 3. The summed E-state index contributed by atoms with van der Waals surface area (Å²) in [6.07, 6.45) is 1.43. The van der Waals surface area contributed by atoms with Crippen LogP contribution in [0.15, 0.2) is 30.6 Å². The van der Waals surface area contributed by atoms with E-state index < -0.39 is 11.6 Å². The van der Waals surface area contributed by atoms with Crippen LogP contribution in [-0.2, 0) is 0 Å². The van der Waals surface area contributed by atoms with Crippen molar-refractivity contribution in [1.29, 1.82) is 0 Å². The van der Waals surface area contributed by atoms with Crippen LogP contribution in [0.2, 0.25) is 0 Å². The highest BCUT2D eigenvalue weighted by Crippen LogP contribution is 2.26. The second-order valence-electron chi connectivity index (χ2n) is 5.19. The first kappa shape index (κ1) is 14.4. The van der Waals surface area contributed by atoms with Crippen LogP contribution in [0, 0.1) is 18.6 Å². The smallest absolute Gasteiger partial charge is 0.254 e. The van der Waals surface area contributed by atoms with E-state index in [1.807, 2.05) is 31.9 Å². The van der Waals surface area contributed by atoms with Gasteiger partial charge in [0.15, 0.2) is 11.6 Å². The minimum absolute atomic E-state index is 0.177. The van der Waals surface area contributed by atoms with E-state index in [-0.39, 0.29) is 6.04 Å². The second kappa shape index (κ2) is 5.32. The third kappa shape index (κ3) is 2.38. The van der Waals surface area contributed by atoms with Crippen LogP contribution in [0.4, 0.5) is 14.6 Å². The van der Waals surface area contributed by atoms with Crippen LogP contribution in [0.25, 0.3) is 5.78 Å². The molecule has 0 saturated carbocycles. The molecule has 0 fully saturated rings. The number of aromatic nitrogens is 4. The zero-order valence-corrected chi connectivity index (χ0v) is 12.5. The maximum atomic E-state index is 13.4. The van der Waals surface area contributed by atoms with E-state index in [0.717, 1.165) is 17.6 Å². The van der Waals surface area contributed by atoms with Gasteiger partial charge in [0, 0.05) is 18.8 Å². The number of hydrogen-bond donors (Lipinski definition) is 0. The Labute approximate surface area is 126 Å². The fourth-order valence-electron chi connectivity index (χ4n) is 2.36. The molecule has 3 rings (SSSR count). The first-order chi connectivity index (χ1) is 10.5. The van der Waals surface area contributed by atoms with Crippen LogP contribution in [0.5, 0.6) is 0 Å². The van der Waals surface area contributed by atoms with Gasteiger partial charge in [-0.1, -0.05) is 6.07 Å². The molecule has 114 valence electrons. The zero-order valence-electron chi connectivity index (χ0n) is 12.5. The van der Waals surface area contributed by atoms with E-state index in [1.165, 1.54) is 12.4 Å². The van der Waals surface area contributed by atoms with E-state index >= 15 is 0 Å². The third-order valence-corrected chi connectivity index (χ3v) is 3.73. The number of fused-ring (bicyclic) bond motifs is 1. The van der Waals surface area contributed by atoms with Gasteiger partial charge in [-0.3, -0.25) is 0 Å². The van der Waals surface area contributed by atoms with Crippen molar-refractivity contribution in [1.82, 2.24) is 19.6 Å². The topological polar surface area (TPSA) is 46.3 Å². The van der Waals surface area contributed by atoms with Crippen molar-refractivity contribution in [2.24, 2.45) is 0 Å². The SMILES string of the molecule is Cc1cc(N(C)C(C)c2ccc(F)c(F)c2)n2ncnc2n1. The predicted molar refractivity (Wildman–Crippen MR) is 78.7 cm³/mol. The highest BCUT2D eigenvalue weighted by molar-refractivity contribution is 5.48. The molecule has 7 heteroatoms. The van der Waals surface area contributed by atoms with Crippen LogP contribution in [0.1, 0.15) is 24.2 Å². The monoisotopic (exact) mass is 303 g/mol. The lowest BCUT2D eigenvalue weighted by Crippen LogP contribution is -2.24. The number of halogens is 2. The van der Waals surface area contributed by atoms with Crippen LogP contribution >= 0.6 is 0 Å². The lowest BCUT2D eigenvalue weighted by atomic mass is 10.1. The summed E-state index contributed by atoms with van der Waals surface area (Å²) < 4.78 is 28.1. The lowest BCUT2D eigenvalue weighted by molar-refractivity contribution is 0.505. The Morgan fingerprint density at radius 1 is 1.18 bits per heavy atom. The Morgan fingerprint density at radius 3 is 2.68 bits per heavy atom. The first-order valence-electron chi connectivity index (χ1n) is 6.82. The molecule has 0 spiro atoms. The van der Waals surface area contributed by atoms with E-state index in [9.17, 15) is 8.78 Å². The average Bonchev–Trinajstić information content (AvgIpc) is 2.95. The predicted octanol–water partition coefficient (Wildman–Crippen LogP) is 2.91. The molecule has 2 heterocycles. The number of hydrogen-bond acceptors (Lipinski definition) is 4. The summed E-state index contributed by atoms with van der Waals surface area (Å²) in [4.78, 5) is 10.3. The quantitative estimate of drug-likeness (QED) is 0.746. The zero-order chi connectivity index (χ0) is 15.9. The van der Waals surface area contributed by atoms with Crippen LogP contribution in [-0.4, -0.2) is 26.6 Å². The summed E-state index contributed by atoms with van der Waals surface area (Å²) in [5.74, 6) is -0.428. The lowest BCUT2D eigenvalue weighted by Gasteiger charge is -2.27. The summed E-state index contributed by atoms with van der Waals surface area (Å²) in [6, 6.07) is 5.62. The molecule has 0 aliphatic heterocycles. The minimum Gasteiger partial charge on any atom is -0.353 e. The molecule has 0 saturated heterocycles. The van der Waals surface area contributed by atoms with Crippen LogP contribution < -0.4 is 4.90 Å². The fourth-order valence-corrected chi connectivity index (χ4v) is 2.36. The average molecular weight is 303 g/mol. The molecular formula is C15H15F2N5. The second-order valence-corrected chi connectivity index (χ2v) is 5.19. The van der Waals surface area contributed by atoms with Gasteiger partial charge in [0.2, 0.25) is 0 Å². The van der Waals surface area contributed by atoms with E-state index in [1.54, 1.807) is 10.6 Å². The number of benzene rings is 1. The molecule has 5 nitrogen and oxygen atoms in total. The van der Waals surface area contributed by atoms with Crippen molar-refractivity contribution in [3.63, 3.8) is 0 Å². The fraction of sp³-hybridized carbons (Fsp3) is 0.267. The van der Waals surface area contributed by atoms with Crippen molar-refractivity contribution >= 4 is 11.6 Å². The molecule has 0 N–H and O–H groups in total. The van der Waals surface area contributed by atoms with Gasteiger partial charge in [-0.05, 0) is 31.5 Å². The molecule has 3 aromatic rings. The maximum Gasteiger partial charge on any atom is 0.254 e. The van der Waals surface area contributed by atoms with Crippen LogP contribution in [0.3, 0.4) is 0 Å². The van der Waals surface area contributed by atoms with Gasteiger partial charge in [0.25, 0.3) is 5.78 Å².